The summed E-state index contributed by atoms with van der Waals surface area (Å²) >= 11 is 0. The number of pyridine rings is 1. The molecule has 3 heterocycles. The molecule has 6 rings (SSSR count). The smallest absolute Gasteiger partial charge is 0.251 e. The van der Waals surface area contributed by atoms with Gasteiger partial charge in [-0.3, -0.25) is 14.5 Å². The first-order valence-electron chi connectivity index (χ1n) is 12.9. The van der Waals surface area contributed by atoms with E-state index in [0.717, 1.165) is 67.1 Å². The number of hydrogen-bond acceptors (Lipinski definition) is 4. The van der Waals surface area contributed by atoms with E-state index in [1.165, 1.54) is 5.56 Å². The average molecular weight is 482 g/mol. The Morgan fingerprint density at radius 2 is 1.78 bits per heavy atom. The third-order valence-corrected chi connectivity index (χ3v) is 7.48. The summed E-state index contributed by atoms with van der Waals surface area (Å²) in [5.74, 6) is 1.13. The minimum atomic E-state index is -0.0531. The molecule has 2 aliphatic rings. The van der Waals surface area contributed by atoms with Crippen LogP contribution in [0.15, 0.2) is 60.8 Å². The third kappa shape index (κ3) is 4.84. The minimum absolute atomic E-state index is 0.0274. The highest BCUT2D eigenvalue weighted by Crippen LogP contribution is 2.33. The summed E-state index contributed by atoms with van der Waals surface area (Å²) in [6, 6.07) is 18.3. The van der Waals surface area contributed by atoms with E-state index in [1.54, 1.807) is 6.20 Å². The monoisotopic (exact) mass is 481 g/mol. The van der Waals surface area contributed by atoms with Gasteiger partial charge in [-0.25, -0.2) is 4.98 Å². The maximum absolute atomic E-state index is 12.9. The summed E-state index contributed by atoms with van der Waals surface area (Å²) < 4.78 is 0. The van der Waals surface area contributed by atoms with Crippen LogP contribution in [0.1, 0.15) is 41.6 Å². The van der Waals surface area contributed by atoms with Gasteiger partial charge in [-0.05, 0) is 68.5 Å². The van der Waals surface area contributed by atoms with Gasteiger partial charge in [0.05, 0.1) is 5.52 Å². The number of aromatic nitrogens is 2. The molecule has 2 aromatic carbocycles. The summed E-state index contributed by atoms with van der Waals surface area (Å²) in [5, 5.41) is 8.10. The van der Waals surface area contributed by atoms with E-state index in [4.69, 9.17) is 0 Å². The molecule has 1 aliphatic heterocycles. The van der Waals surface area contributed by atoms with Gasteiger partial charge in [-0.1, -0.05) is 36.4 Å². The lowest BCUT2D eigenvalue weighted by Gasteiger charge is -2.32. The predicted molar refractivity (Wildman–Crippen MR) is 142 cm³/mol. The highest BCUT2D eigenvalue weighted by atomic mass is 16.2. The van der Waals surface area contributed by atoms with Crippen LogP contribution in [0.3, 0.4) is 0 Å². The number of rotatable bonds is 7. The number of amides is 2. The number of nitrogens with zero attached hydrogens (tertiary/aromatic N) is 2. The van der Waals surface area contributed by atoms with Gasteiger partial charge in [0.15, 0.2) is 5.82 Å². The van der Waals surface area contributed by atoms with Crippen LogP contribution in [0.25, 0.3) is 21.8 Å². The molecule has 2 aromatic heterocycles. The largest absolute Gasteiger partial charge is 0.352 e. The van der Waals surface area contributed by atoms with Crippen LogP contribution in [0.2, 0.25) is 0 Å². The Kier molecular flexibility index (Phi) is 6.15. The van der Waals surface area contributed by atoms with Crippen molar-refractivity contribution < 1.29 is 9.59 Å². The quantitative estimate of drug-likeness (QED) is 0.357. The zero-order chi connectivity index (χ0) is 24.5. The number of nitrogens with one attached hydrogen (secondary N) is 3. The third-order valence-electron chi connectivity index (χ3n) is 7.48. The Labute approximate surface area is 210 Å². The number of aromatic amines is 1. The molecule has 3 N–H and O–H groups in total. The van der Waals surface area contributed by atoms with Crippen LogP contribution in [-0.2, 0) is 11.3 Å². The summed E-state index contributed by atoms with van der Waals surface area (Å²) in [4.78, 5) is 35.4. The van der Waals surface area contributed by atoms with E-state index in [0.29, 0.717) is 23.8 Å². The van der Waals surface area contributed by atoms with Crippen molar-refractivity contribution in [1.82, 2.24) is 20.2 Å². The number of likely N-dealkylation sites (tertiary alicyclic amines) is 1. The van der Waals surface area contributed by atoms with E-state index in [9.17, 15) is 9.59 Å². The van der Waals surface area contributed by atoms with Gasteiger partial charge >= 0.3 is 0 Å². The van der Waals surface area contributed by atoms with E-state index < -0.39 is 0 Å². The first-order valence-corrected chi connectivity index (χ1v) is 12.9. The Morgan fingerprint density at radius 1 is 0.972 bits per heavy atom. The molecule has 2 fully saturated rings. The highest BCUT2D eigenvalue weighted by molar-refractivity contribution is 6.13. The van der Waals surface area contributed by atoms with Gasteiger partial charge in [0, 0.05) is 47.1 Å². The summed E-state index contributed by atoms with van der Waals surface area (Å²) in [5.41, 5.74) is 3.64. The summed E-state index contributed by atoms with van der Waals surface area (Å²) in [7, 11) is 0. The fraction of sp³-hybridized carbons (Fsp3) is 0.345. The van der Waals surface area contributed by atoms with Crippen LogP contribution in [0.4, 0.5) is 5.82 Å². The number of anilines is 1. The molecule has 0 unspecified atom stereocenters. The summed E-state index contributed by atoms with van der Waals surface area (Å²) in [6.45, 7) is 3.81. The minimum Gasteiger partial charge on any atom is -0.352 e. The van der Waals surface area contributed by atoms with Crippen molar-refractivity contribution in [2.24, 2.45) is 11.8 Å². The van der Waals surface area contributed by atoms with E-state index >= 15 is 0 Å². The van der Waals surface area contributed by atoms with Gasteiger partial charge in [0.2, 0.25) is 5.91 Å². The standard InChI is InChI=1S/C29H31N5O2/c35-28(31-17-19-11-14-34(15-12-19)18-20-4-2-1-3-5-20)22-8-9-23-24-10-13-30-27(26(24)32-25(23)16-22)33-29(36)21-6-7-21/h1-5,8-10,13,16,19,21,32H,6-7,11-12,14-15,17-18H2,(H,31,35)(H,30,33,36). The molecule has 0 radical (unpaired) electrons. The number of benzene rings is 2. The molecule has 0 spiro atoms. The van der Waals surface area contributed by atoms with Gasteiger partial charge in [-0.2, -0.15) is 0 Å². The molecule has 7 nitrogen and oxygen atoms in total. The first-order chi connectivity index (χ1) is 17.6. The van der Waals surface area contributed by atoms with Crippen molar-refractivity contribution in [1.29, 1.82) is 0 Å². The zero-order valence-electron chi connectivity index (χ0n) is 20.3. The fourth-order valence-electron chi connectivity index (χ4n) is 5.16. The lowest BCUT2D eigenvalue weighted by molar-refractivity contribution is -0.117. The molecule has 7 heteroatoms. The molecule has 1 saturated heterocycles. The van der Waals surface area contributed by atoms with Gasteiger partial charge < -0.3 is 15.6 Å². The molecular weight excluding hydrogens is 450 g/mol. The normalized spacial score (nSPS) is 16.9. The Balaban J connectivity index is 1.08. The Bertz CT molecular complexity index is 1400. The number of carbonyl (C=O) groups is 2. The van der Waals surface area contributed by atoms with Crippen molar-refractivity contribution in [3.63, 3.8) is 0 Å². The molecular formula is C29H31N5O2. The van der Waals surface area contributed by atoms with Gasteiger partial charge in [0.1, 0.15) is 0 Å². The van der Waals surface area contributed by atoms with Crippen LogP contribution in [-0.4, -0.2) is 46.3 Å². The second-order valence-corrected chi connectivity index (χ2v) is 10.1. The molecule has 36 heavy (non-hydrogen) atoms. The van der Waals surface area contributed by atoms with Crippen LogP contribution >= 0.6 is 0 Å². The highest BCUT2D eigenvalue weighted by Gasteiger charge is 2.30. The second kappa shape index (κ2) is 9.74. The molecule has 1 saturated carbocycles. The topological polar surface area (TPSA) is 90.1 Å². The number of H-pyrrole nitrogens is 1. The fourth-order valence-corrected chi connectivity index (χ4v) is 5.16. The first kappa shape index (κ1) is 22.7. The van der Waals surface area contributed by atoms with E-state index in [2.05, 4.69) is 55.8 Å². The number of carbonyl (C=O) groups excluding carboxylic acids is 2. The molecule has 2 amide bonds. The van der Waals surface area contributed by atoms with Gasteiger partial charge in [-0.15, -0.1) is 0 Å². The van der Waals surface area contributed by atoms with Gasteiger partial charge in [0.25, 0.3) is 5.91 Å². The number of fused-ring (bicyclic) bond motifs is 3. The molecule has 0 bridgehead atoms. The molecule has 0 atom stereocenters. The lowest BCUT2D eigenvalue weighted by atomic mass is 9.96. The van der Waals surface area contributed by atoms with E-state index in [1.807, 2.05) is 24.3 Å². The van der Waals surface area contributed by atoms with E-state index in [-0.39, 0.29) is 17.7 Å². The second-order valence-electron chi connectivity index (χ2n) is 10.1. The van der Waals surface area contributed by atoms with Crippen LogP contribution in [0.5, 0.6) is 0 Å². The van der Waals surface area contributed by atoms with Crippen LogP contribution in [0, 0.1) is 11.8 Å². The van der Waals surface area contributed by atoms with Crippen molar-refractivity contribution >= 4 is 39.4 Å². The lowest BCUT2D eigenvalue weighted by Crippen LogP contribution is -2.38. The number of piperidine rings is 1. The van der Waals surface area contributed by atoms with Crippen molar-refractivity contribution in [2.75, 3.05) is 25.0 Å². The maximum Gasteiger partial charge on any atom is 0.251 e. The predicted octanol–water partition coefficient (Wildman–Crippen LogP) is 4.71. The van der Waals surface area contributed by atoms with Crippen molar-refractivity contribution in [2.45, 2.75) is 32.2 Å². The number of hydrogen-bond donors (Lipinski definition) is 3. The molecule has 184 valence electrons. The molecule has 1 aliphatic carbocycles. The Hall–Kier alpha value is -3.71. The molecule has 4 aromatic rings. The zero-order valence-corrected chi connectivity index (χ0v) is 20.3. The van der Waals surface area contributed by atoms with Crippen LogP contribution < -0.4 is 10.6 Å². The maximum atomic E-state index is 12.9. The Morgan fingerprint density at radius 3 is 2.56 bits per heavy atom. The SMILES string of the molecule is O=C(NCC1CCN(Cc2ccccc2)CC1)c1ccc2c(c1)[nH]c1c(NC(=O)C3CC3)nccc12. The average Bonchev–Trinajstić information content (AvgIpc) is 3.70. The summed E-state index contributed by atoms with van der Waals surface area (Å²) in [6.07, 6.45) is 5.79. The van der Waals surface area contributed by atoms with Crippen molar-refractivity contribution in [3.8, 4) is 0 Å². The van der Waals surface area contributed by atoms with Crippen molar-refractivity contribution in [3.05, 3.63) is 71.9 Å².